The average molecular weight is 224 g/mol. The van der Waals surface area contributed by atoms with Crippen LogP contribution in [0.4, 0.5) is 0 Å². The molecule has 1 atom stereocenters. The molecule has 5 heteroatoms. The molecule has 90 valence electrons. The molecule has 5 nitrogen and oxygen atoms in total. The number of nitrogens with one attached hydrogen (secondary N) is 1. The van der Waals surface area contributed by atoms with Crippen LogP contribution in [0.5, 0.6) is 0 Å². The third kappa shape index (κ3) is 2.59. The highest BCUT2D eigenvalue weighted by Crippen LogP contribution is 2.13. The summed E-state index contributed by atoms with van der Waals surface area (Å²) in [6.07, 6.45) is 3.51. The van der Waals surface area contributed by atoms with Gasteiger partial charge in [0.25, 0.3) is 0 Å². The van der Waals surface area contributed by atoms with E-state index < -0.39 is 0 Å². The summed E-state index contributed by atoms with van der Waals surface area (Å²) in [7, 11) is 0. The zero-order valence-electron chi connectivity index (χ0n) is 9.82. The summed E-state index contributed by atoms with van der Waals surface area (Å²) in [5, 5.41) is 20.6. The SMILES string of the molecule is CC(CO)CNCc1nnc2n1CCCC2. The topological polar surface area (TPSA) is 63.0 Å². The molecule has 1 aromatic heterocycles. The summed E-state index contributed by atoms with van der Waals surface area (Å²) in [5.41, 5.74) is 0. The lowest BCUT2D eigenvalue weighted by Crippen LogP contribution is -2.25. The van der Waals surface area contributed by atoms with Crippen LogP contribution in [-0.4, -0.2) is 33.0 Å². The van der Waals surface area contributed by atoms with Crippen molar-refractivity contribution in [2.45, 2.75) is 39.3 Å². The van der Waals surface area contributed by atoms with E-state index in [0.717, 1.165) is 37.7 Å². The van der Waals surface area contributed by atoms with Crippen LogP contribution in [-0.2, 0) is 19.5 Å². The predicted molar refractivity (Wildman–Crippen MR) is 60.9 cm³/mol. The maximum absolute atomic E-state index is 8.91. The lowest BCUT2D eigenvalue weighted by Gasteiger charge is -2.15. The first-order valence-corrected chi connectivity index (χ1v) is 6.03. The van der Waals surface area contributed by atoms with E-state index >= 15 is 0 Å². The van der Waals surface area contributed by atoms with Crippen molar-refractivity contribution >= 4 is 0 Å². The number of aliphatic hydroxyl groups is 1. The maximum Gasteiger partial charge on any atom is 0.147 e. The lowest BCUT2D eigenvalue weighted by molar-refractivity contribution is 0.233. The van der Waals surface area contributed by atoms with E-state index in [4.69, 9.17) is 5.11 Å². The quantitative estimate of drug-likeness (QED) is 0.756. The molecule has 1 unspecified atom stereocenters. The Bertz CT molecular complexity index is 337. The Labute approximate surface area is 95.9 Å². The van der Waals surface area contributed by atoms with Gasteiger partial charge in [-0.2, -0.15) is 0 Å². The number of aromatic nitrogens is 3. The Kier molecular flexibility index (Phi) is 3.90. The van der Waals surface area contributed by atoms with Gasteiger partial charge in [-0.3, -0.25) is 0 Å². The van der Waals surface area contributed by atoms with Gasteiger partial charge in [0.2, 0.25) is 0 Å². The fourth-order valence-electron chi connectivity index (χ4n) is 1.99. The molecule has 0 radical (unpaired) electrons. The smallest absolute Gasteiger partial charge is 0.147 e. The Morgan fingerprint density at radius 3 is 3.12 bits per heavy atom. The molecule has 1 aliphatic rings. The Morgan fingerprint density at radius 2 is 2.31 bits per heavy atom. The molecule has 0 spiro atoms. The zero-order chi connectivity index (χ0) is 11.4. The van der Waals surface area contributed by atoms with Crippen LogP contribution in [0.15, 0.2) is 0 Å². The second kappa shape index (κ2) is 5.41. The minimum absolute atomic E-state index is 0.227. The van der Waals surface area contributed by atoms with Crippen molar-refractivity contribution in [2.24, 2.45) is 5.92 Å². The number of rotatable bonds is 5. The number of aliphatic hydroxyl groups excluding tert-OH is 1. The number of nitrogens with zero attached hydrogens (tertiary/aromatic N) is 3. The first-order chi connectivity index (χ1) is 7.81. The summed E-state index contributed by atoms with van der Waals surface area (Å²) in [6, 6.07) is 0. The van der Waals surface area contributed by atoms with Gasteiger partial charge in [-0.1, -0.05) is 6.92 Å². The first-order valence-electron chi connectivity index (χ1n) is 6.03. The third-order valence-corrected chi connectivity index (χ3v) is 3.02. The number of hydrogen-bond donors (Lipinski definition) is 2. The molecule has 16 heavy (non-hydrogen) atoms. The summed E-state index contributed by atoms with van der Waals surface area (Å²) < 4.78 is 2.22. The Hall–Kier alpha value is -0.940. The molecule has 0 fully saturated rings. The van der Waals surface area contributed by atoms with E-state index in [-0.39, 0.29) is 6.61 Å². The van der Waals surface area contributed by atoms with Crippen molar-refractivity contribution in [2.75, 3.05) is 13.2 Å². The molecule has 0 saturated heterocycles. The van der Waals surface area contributed by atoms with Gasteiger partial charge in [0.05, 0.1) is 6.54 Å². The summed E-state index contributed by atoms with van der Waals surface area (Å²) in [4.78, 5) is 0. The second-order valence-corrected chi connectivity index (χ2v) is 4.56. The zero-order valence-corrected chi connectivity index (χ0v) is 9.82. The van der Waals surface area contributed by atoms with Crippen molar-refractivity contribution in [3.8, 4) is 0 Å². The highest BCUT2D eigenvalue weighted by atomic mass is 16.3. The molecule has 0 bridgehead atoms. The summed E-state index contributed by atoms with van der Waals surface area (Å²) in [5.74, 6) is 2.45. The predicted octanol–water partition coefficient (Wildman–Crippen LogP) is 0.332. The molecule has 0 aliphatic carbocycles. The minimum atomic E-state index is 0.227. The first kappa shape index (κ1) is 11.5. The monoisotopic (exact) mass is 224 g/mol. The molecule has 1 aliphatic heterocycles. The fourth-order valence-corrected chi connectivity index (χ4v) is 1.99. The highest BCUT2D eigenvalue weighted by molar-refractivity contribution is 4.98. The van der Waals surface area contributed by atoms with Crippen molar-refractivity contribution in [1.82, 2.24) is 20.1 Å². The van der Waals surface area contributed by atoms with E-state index in [9.17, 15) is 0 Å². The van der Waals surface area contributed by atoms with Gasteiger partial charge in [-0.15, -0.1) is 10.2 Å². The number of fused-ring (bicyclic) bond motifs is 1. The van der Waals surface area contributed by atoms with E-state index in [1.54, 1.807) is 0 Å². The van der Waals surface area contributed by atoms with Gasteiger partial charge < -0.3 is 15.0 Å². The van der Waals surface area contributed by atoms with Gasteiger partial charge in [0, 0.05) is 26.1 Å². The molecule has 2 heterocycles. The Morgan fingerprint density at radius 1 is 1.44 bits per heavy atom. The van der Waals surface area contributed by atoms with Gasteiger partial charge in [0.15, 0.2) is 0 Å². The van der Waals surface area contributed by atoms with Crippen molar-refractivity contribution in [1.29, 1.82) is 0 Å². The van der Waals surface area contributed by atoms with Gasteiger partial charge in [-0.05, 0) is 18.8 Å². The molecule has 0 amide bonds. The van der Waals surface area contributed by atoms with E-state index in [1.807, 2.05) is 6.92 Å². The highest BCUT2D eigenvalue weighted by Gasteiger charge is 2.15. The van der Waals surface area contributed by atoms with Gasteiger partial charge in [0.1, 0.15) is 11.6 Å². The van der Waals surface area contributed by atoms with Crippen molar-refractivity contribution in [3.05, 3.63) is 11.6 Å². The van der Waals surface area contributed by atoms with Crippen molar-refractivity contribution in [3.63, 3.8) is 0 Å². The van der Waals surface area contributed by atoms with Crippen LogP contribution in [0.25, 0.3) is 0 Å². The molecule has 0 saturated carbocycles. The number of hydrogen-bond acceptors (Lipinski definition) is 4. The molecule has 2 N–H and O–H groups in total. The Balaban J connectivity index is 1.87. The second-order valence-electron chi connectivity index (χ2n) is 4.56. The summed E-state index contributed by atoms with van der Waals surface area (Å²) in [6.45, 7) is 4.86. The van der Waals surface area contributed by atoms with Crippen LogP contribution < -0.4 is 5.32 Å². The largest absolute Gasteiger partial charge is 0.396 e. The normalized spacial score (nSPS) is 17.1. The standard InChI is InChI=1S/C11H20N4O/c1-9(8-16)6-12-7-11-14-13-10-4-2-3-5-15(10)11/h9,12,16H,2-8H2,1H3. The third-order valence-electron chi connectivity index (χ3n) is 3.02. The summed E-state index contributed by atoms with van der Waals surface area (Å²) >= 11 is 0. The van der Waals surface area contributed by atoms with Crippen LogP contribution in [0.1, 0.15) is 31.4 Å². The van der Waals surface area contributed by atoms with E-state index in [1.165, 1.54) is 12.8 Å². The van der Waals surface area contributed by atoms with Crippen LogP contribution in [0.2, 0.25) is 0 Å². The lowest BCUT2D eigenvalue weighted by atomic mass is 10.1. The van der Waals surface area contributed by atoms with Crippen LogP contribution in [0.3, 0.4) is 0 Å². The molecular formula is C11H20N4O. The van der Waals surface area contributed by atoms with Gasteiger partial charge >= 0.3 is 0 Å². The number of aryl methyl sites for hydroxylation is 1. The molecular weight excluding hydrogens is 204 g/mol. The maximum atomic E-state index is 8.91. The van der Waals surface area contributed by atoms with E-state index in [2.05, 4.69) is 20.1 Å². The van der Waals surface area contributed by atoms with Crippen LogP contribution in [0, 0.1) is 5.92 Å². The molecule has 0 aromatic carbocycles. The van der Waals surface area contributed by atoms with E-state index in [0.29, 0.717) is 5.92 Å². The van der Waals surface area contributed by atoms with Crippen LogP contribution >= 0.6 is 0 Å². The average Bonchev–Trinajstić information content (AvgIpc) is 2.73. The minimum Gasteiger partial charge on any atom is -0.396 e. The molecule has 2 rings (SSSR count). The molecule has 1 aromatic rings. The van der Waals surface area contributed by atoms with Gasteiger partial charge in [-0.25, -0.2) is 0 Å². The van der Waals surface area contributed by atoms with Crippen molar-refractivity contribution < 1.29 is 5.11 Å². The fraction of sp³-hybridized carbons (Fsp3) is 0.818.